The number of imidazole rings is 1. The number of carbonyl (C=O) groups is 1. The monoisotopic (exact) mass is 373 g/mol. The molecule has 0 aliphatic heterocycles. The van der Waals surface area contributed by atoms with E-state index in [9.17, 15) is 14.7 Å². The zero-order valence-corrected chi connectivity index (χ0v) is 16.1. The Bertz CT molecular complexity index is 914. The molecule has 146 valence electrons. The van der Waals surface area contributed by atoms with Crippen molar-refractivity contribution in [1.82, 2.24) is 24.0 Å². The van der Waals surface area contributed by atoms with Gasteiger partial charge in [-0.05, 0) is 59.3 Å². The second kappa shape index (κ2) is 6.35. The van der Waals surface area contributed by atoms with Crippen molar-refractivity contribution in [3.63, 3.8) is 0 Å². The van der Waals surface area contributed by atoms with Crippen LogP contribution in [0.2, 0.25) is 0 Å². The first kappa shape index (κ1) is 18.0. The maximum Gasteiger partial charge on any atom is 0.407 e. The third-order valence-electron chi connectivity index (χ3n) is 5.77. The van der Waals surface area contributed by atoms with Crippen LogP contribution in [0.3, 0.4) is 0 Å². The number of amides is 1. The molecule has 0 radical (unpaired) electrons. The van der Waals surface area contributed by atoms with Crippen LogP contribution in [0.4, 0.5) is 4.79 Å². The van der Waals surface area contributed by atoms with Crippen LogP contribution in [-0.2, 0) is 0 Å². The molecule has 0 atom stereocenters. The highest BCUT2D eigenvalue weighted by atomic mass is 16.4. The summed E-state index contributed by atoms with van der Waals surface area (Å²) in [5.74, 6) is 0. The highest BCUT2D eigenvalue weighted by Gasteiger charge is 2.38. The highest BCUT2D eigenvalue weighted by molar-refractivity contribution is 5.67. The van der Waals surface area contributed by atoms with Crippen LogP contribution in [0.5, 0.6) is 0 Å². The SMILES string of the molecule is CC(C)(C)N(C(=O)O)C1CCC(n2c(=O)n(C3CC3)c3nccnc32)CC1. The van der Waals surface area contributed by atoms with Gasteiger partial charge in [-0.1, -0.05) is 0 Å². The Morgan fingerprint density at radius 2 is 1.44 bits per heavy atom. The number of carboxylic acid groups (broad SMARTS) is 1. The molecule has 8 heteroatoms. The number of hydrogen-bond donors (Lipinski definition) is 1. The summed E-state index contributed by atoms with van der Waals surface area (Å²) < 4.78 is 3.60. The fourth-order valence-corrected chi connectivity index (χ4v) is 4.52. The van der Waals surface area contributed by atoms with E-state index in [1.54, 1.807) is 26.4 Å². The summed E-state index contributed by atoms with van der Waals surface area (Å²) in [6, 6.07) is 0.276. The number of aromatic nitrogens is 4. The van der Waals surface area contributed by atoms with Crippen LogP contribution in [0.1, 0.15) is 71.4 Å². The minimum Gasteiger partial charge on any atom is -0.465 e. The molecule has 0 unspecified atom stereocenters. The van der Waals surface area contributed by atoms with E-state index in [0.717, 1.165) is 38.5 Å². The average Bonchev–Trinajstić information content (AvgIpc) is 3.37. The minimum absolute atomic E-state index is 0.0164. The lowest BCUT2D eigenvalue weighted by Crippen LogP contribution is -2.52. The minimum atomic E-state index is -0.876. The lowest BCUT2D eigenvalue weighted by Gasteiger charge is -2.42. The van der Waals surface area contributed by atoms with Crippen molar-refractivity contribution in [1.29, 1.82) is 0 Å². The van der Waals surface area contributed by atoms with Gasteiger partial charge in [0.1, 0.15) is 0 Å². The summed E-state index contributed by atoms with van der Waals surface area (Å²) in [5, 5.41) is 9.65. The topological polar surface area (TPSA) is 93.2 Å². The second-order valence-electron chi connectivity index (χ2n) is 8.74. The lowest BCUT2D eigenvalue weighted by atomic mass is 9.88. The van der Waals surface area contributed by atoms with E-state index in [2.05, 4.69) is 9.97 Å². The van der Waals surface area contributed by atoms with Gasteiger partial charge in [-0.25, -0.2) is 19.6 Å². The van der Waals surface area contributed by atoms with E-state index >= 15 is 0 Å². The van der Waals surface area contributed by atoms with Gasteiger partial charge < -0.3 is 10.0 Å². The molecular weight excluding hydrogens is 346 g/mol. The van der Waals surface area contributed by atoms with Crippen molar-refractivity contribution in [3.05, 3.63) is 22.9 Å². The second-order valence-corrected chi connectivity index (χ2v) is 8.74. The van der Waals surface area contributed by atoms with Crippen LogP contribution in [-0.4, -0.2) is 46.8 Å². The normalized spacial score (nSPS) is 23.5. The van der Waals surface area contributed by atoms with E-state index in [1.807, 2.05) is 20.8 Å². The maximum absolute atomic E-state index is 13.1. The molecule has 0 aromatic carbocycles. The zero-order chi connectivity index (χ0) is 19.3. The molecular formula is C19H27N5O3. The maximum atomic E-state index is 13.1. The molecule has 27 heavy (non-hydrogen) atoms. The summed E-state index contributed by atoms with van der Waals surface area (Å²) in [6.07, 6.45) is 7.45. The Hall–Kier alpha value is -2.38. The first-order valence-electron chi connectivity index (χ1n) is 9.74. The van der Waals surface area contributed by atoms with Gasteiger partial charge in [0.15, 0.2) is 11.3 Å². The average molecular weight is 373 g/mol. The van der Waals surface area contributed by atoms with Crippen molar-refractivity contribution in [2.75, 3.05) is 0 Å². The van der Waals surface area contributed by atoms with Gasteiger partial charge >= 0.3 is 11.8 Å². The molecule has 0 saturated heterocycles. The van der Waals surface area contributed by atoms with E-state index in [4.69, 9.17) is 0 Å². The number of rotatable bonds is 3. The predicted molar refractivity (Wildman–Crippen MR) is 101 cm³/mol. The molecule has 2 fully saturated rings. The largest absolute Gasteiger partial charge is 0.465 e. The van der Waals surface area contributed by atoms with Crippen LogP contribution in [0, 0.1) is 0 Å². The highest BCUT2D eigenvalue weighted by Crippen LogP contribution is 2.38. The first-order valence-corrected chi connectivity index (χ1v) is 9.74. The smallest absolute Gasteiger partial charge is 0.407 e. The van der Waals surface area contributed by atoms with Crippen molar-refractivity contribution in [2.45, 2.75) is 83.0 Å². The molecule has 4 rings (SSSR count). The van der Waals surface area contributed by atoms with Crippen molar-refractivity contribution in [3.8, 4) is 0 Å². The van der Waals surface area contributed by atoms with E-state index < -0.39 is 11.6 Å². The van der Waals surface area contributed by atoms with Gasteiger partial charge in [0.25, 0.3) is 0 Å². The van der Waals surface area contributed by atoms with Gasteiger partial charge in [-0.3, -0.25) is 9.13 Å². The van der Waals surface area contributed by atoms with Gasteiger partial charge in [-0.2, -0.15) is 0 Å². The van der Waals surface area contributed by atoms with Crippen LogP contribution >= 0.6 is 0 Å². The third kappa shape index (κ3) is 3.11. The Kier molecular flexibility index (Phi) is 4.24. The first-order chi connectivity index (χ1) is 12.8. The number of hydrogen-bond acceptors (Lipinski definition) is 4. The molecule has 2 aromatic heterocycles. The molecule has 0 spiro atoms. The number of fused-ring (bicyclic) bond motifs is 1. The van der Waals surface area contributed by atoms with Gasteiger partial charge in [0.2, 0.25) is 0 Å². The Balaban J connectivity index is 1.62. The summed E-state index contributed by atoms with van der Waals surface area (Å²) >= 11 is 0. The Labute approximate surface area is 157 Å². The van der Waals surface area contributed by atoms with Gasteiger partial charge in [0.05, 0.1) is 0 Å². The fourth-order valence-electron chi connectivity index (χ4n) is 4.52. The van der Waals surface area contributed by atoms with Gasteiger partial charge in [0, 0.05) is 36.1 Å². The molecule has 0 bridgehead atoms. The Morgan fingerprint density at radius 1 is 1.00 bits per heavy atom. The molecule has 2 saturated carbocycles. The summed E-state index contributed by atoms with van der Waals surface area (Å²) in [6.45, 7) is 5.78. The van der Waals surface area contributed by atoms with Crippen LogP contribution in [0.15, 0.2) is 17.2 Å². The van der Waals surface area contributed by atoms with Crippen LogP contribution in [0.25, 0.3) is 11.3 Å². The predicted octanol–water partition coefficient (Wildman–Crippen LogP) is 3.19. The lowest BCUT2D eigenvalue weighted by molar-refractivity contribution is 0.0511. The summed E-state index contributed by atoms with van der Waals surface area (Å²) in [5.41, 5.74) is 0.874. The van der Waals surface area contributed by atoms with Crippen molar-refractivity contribution in [2.24, 2.45) is 0 Å². The van der Waals surface area contributed by atoms with Crippen LogP contribution < -0.4 is 5.69 Å². The molecule has 2 aliphatic rings. The number of nitrogens with zero attached hydrogens (tertiary/aromatic N) is 5. The molecule has 2 heterocycles. The van der Waals surface area contributed by atoms with Crippen molar-refractivity contribution >= 4 is 17.4 Å². The van der Waals surface area contributed by atoms with E-state index in [0.29, 0.717) is 11.3 Å². The fraction of sp³-hybridized carbons (Fsp3) is 0.684. The summed E-state index contributed by atoms with van der Waals surface area (Å²) in [4.78, 5) is 35.3. The van der Waals surface area contributed by atoms with E-state index in [1.165, 1.54) is 0 Å². The molecule has 2 aromatic rings. The quantitative estimate of drug-likeness (QED) is 0.892. The zero-order valence-electron chi connectivity index (χ0n) is 16.1. The standard InChI is InChI=1S/C19H27N5O3/c1-19(2,3)24(18(26)27)14-8-6-13(7-9-14)23-16-15(20-10-11-21-16)22(17(23)25)12-4-5-12/h10-14H,4-9H2,1-3H3,(H,26,27). The molecule has 1 N–H and O–H groups in total. The molecule has 1 amide bonds. The summed E-state index contributed by atoms with van der Waals surface area (Å²) in [7, 11) is 0. The molecule has 2 aliphatic carbocycles. The molecule has 8 nitrogen and oxygen atoms in total. The van der Waals surface area contributed by atoms with Crippen molar-refractivity contribution < 1.29 is 9.90 Å². The Morgan fingerprint density at radius 3 is 1.81 bits per heavy atom. The van der Waals surface area contributed by atoms with E-state index in [-0.39, 0.29) is 23.8 Å². The third-order valence-corrected chi connectivity index (χ3v) is 5.77. The van der Waals surface area contributed by atoms with Gasteiger partial charge in [-0.15, -0.1) is 0 Å².